The van der Waals surface area contributed by atoms with E-state index in [4.69, 9.17) is 21.9 Å². The van der Waals surface area contributed by atoms with E-state index in [0.29, 0.717) is 10.5 Å². The molecule has 5 unspecified atom stereocenters. The zero-order valence-electron chi connectivity index (χ0n) is 33.3. The van der Waals surface area contributed by atoms with Crippen LogP contribution in [-0.2, 0) is 41.6 Å². The average Bonchev–Trinajstić information content (AvgIpc) is 3.56. The number of likely N-dealkylation sites (N-methyl/N-ethyl adjacent to an activating group) is 1. The fourth-order valence-electron chi connectivity index (χ4n) is 6.30. The summed E-state index contributed by atoms with van der Waals surface area (Å²) in [6.45, 7) is 2.71. The van der Waals surface area contributed by atoms with Crippen molar-refractivity contribution in [3.8, 4) is 11.5 Å². The number of benzene rings is 2. The number of imide groups is 1. The Morgan fingerprint density at radius 2 is 1.49 bits per heavy atom. The van der Waals surface area contributed by atoms with Crippen LogP contribution in [0.4, 0.5) is 4.79 Å². The number of amides is 5. The summed E-state index contributed by atoms with van der Waals surface area (Å²) in [6, 6.07) is 1.97. The highest BCUT2D eigenvalue weighted by Gasteiger charge is 2.41. The highest BCUT2D eigenvalue weighted by atomic mass is 16.5. The summed E-state index contributed by atoms with van der Waals surface area (Å²) in [6.07, 6.45) is -2.83. The molecule has 13 N–H and O–H groups in total. The van der Waals surface area contributed by atoms with Crippen LogP contribution in [0.5, 0.6) is 11.5 Å². The number of aliphatic hydroxyl groups is 1. The number of ketones is 1. The molecular weight excluding hydrogens is 802 g/mol. The molecule has 61 heavy (non-hydrogen) atoms. The van der Waals surface area contributed by atoms with E-state index in [1.54, 1.807) is 6.07 Å². The number of aromatic nitrogens is 2. The number of nitrogens with one attached hydrogen (secondary N) is 3. The van der Waals surface area contributed by atoms with E-state index < -0.39 is 108 Å². The van der Waals surface area contributed by atoms with Crippen LogP contribution in [0.25, 0.3) is 0 Å². The highest BCUT2D eigenvalue weighted by molar-refractivity contribution is 6.00. The summed E-state index contributed by atoms with van der Waals surface area (Å²) < 4.78 is 6.58. The summed E-state index contributed by atoms with van der Waals surface area (Å²) in [5.74, 6) is -5.83. The summed E-state index contributed by atoms with van der Waals surface area (Å²) in [4.78, 5) is 109. The zero-order chi connectivity index (χ0) is 45.3. The van der Waals surface area contributed by atoms with Gasteiger partial charge in [-0.3, -0.25) is 33.5 Å². The second-order valence-electron chi connectivity index (χ2n) is 14.5. The van der Waals surface area contributed by atoms with Gasteiger partial charge in [0.1, 0.15) is 41.5 Å². The number of phenols is 2. The number of aliphatic hydroxyl groups excluding tert-OH is 1. The van der Waals surface area contributed by atoms with Gasteiger partial charge in [0.05, 0.1) is 24.3 Å². The number of nitrogens with zero attached hydrogens (tertiary/aromatic N) is 3. The molecule has 1 saturated heterocycles. The van der Waals surface area contributed by atoms with E-state index in [-0.39, 0.29) is 35.7 Å². The van der Waals surface area contributed by atoms with E-state index in [1.807, 2.05) is 4.98 Å². The summed E-state index contributed by atoms with van der Waals surface area (Å²) in [5, 5.41) is 45.7. The Balaban J connectivity index is 1.76. The lowest BCUT2D eigenvalue weighted by Gasteiger charge is -2.36. The molecule has 8 atom stereocenters. The number of aromatic hydroxyl groups is 2. The number of rotatable bonds is 17. The molecule has 5 amide bonds. The third-order valence-electron chi connectivity index (χ3n) is 9.65. The molecule has 4 rings (SSSR count). The van der Waals surface area contributed by atoms with Crippen LogP contribution in [-0.4, -0.2) is 125 Å². The minimum atomic E-state index is -1.98. The number of aromatic amines is 1. The Labute approximate surface area is 347 Å². The first kappa shape index (κ1) is 46.8. The number of aliphatic carboxylic acids is 1. The third kappa shape index (κ3) is 12.3. The Kier molecular flexibility index (Phi) is 15.6. The summed E-state index contributed by atoms with van der Waals surface area (Å²) in [7, 11) is 1.18. The highest BCUT2D eigenvalue weighted by Crippen LogP contribution is 2.31. The first-order valence-corrected chi connectivity index (χ1v) is 18.8. The standard InChI is InChI=1S/C39H49N9O13/c1-19(40)29(51)17-28(46(3)34(55)26(43-33(54)20(2)41)14-21-6-4-8-23(49)12-21)32(42)35(56)48(38(59)44-27(37(57)58)15-22-7-5-9-24(50)13-22)18-25-16-30(52)36(61-25)47-11-10-31(53)45-39(47)60/h4-13,18-20,26-28,30,32,36,49-50,52H,14-17,40-42H2,1-3H3,(H,43,54)(H,44,59)(H,57,58)(H,45,53,60)/b25-18+/t19-,20-,26-,27?,28?,30?,32?,36?/m0/s1. The van der Waals surface area contributed by atoms with Crippen molar-refractivity contribution >= 4 is 35.5 Å². The topological polar surface area (TPSA) is 356 Å². The van der Waals surface area contributed by atoms with Gasteiger partial charge in [0.2, 0.25) is 18.0 Å². The fraction of sp³-hybridized carbons (Fsp3) is 0.385. The number of carboxylic acid groups (broad SMARTS) is 1. The third-order valence-corrected chi connectivity index (χ3v) is 9.65. The number of carbonyl (C=O) groups excluding carboxylic acids is 5. The number of urea groups is 1. The van der Waals surface area contributed by atoms with Crippen molar-refractivity contribution in [3.05, 3.63) is 105 Å². The molecule has 0 aliphatic carbocycles. The van der Waals surface area contributed by atoms with Gasteiger partial charge in [0.25, 0.3) is 11.5 Å². The van der Waals surface area contributed by atoms with Gasteiger partial charge in [-0.25, -0.2) is 19.3 Å². The van der Waals surface area contributed by atoms with E-state index in [1.165, 1.54) is 63.4 Å². The second-order valence-corrected chi connectivity index (χ2v) is 14.5. The lowest BCUT2D eigenvalue weighted by atomic mass is 9.96. The first-order chi connectivity index (χ1) is 28.7. The Hall–Kier alpha value is -6.88. The van der Waals surface area contributed by atoms with Crippen molar-refractivity contribution in [1.82, 2.24) is 30.0 Å². The molecule has 0 saturated carbocycles. The van der Waals surface area contributed by atoms with Crippen LogP contribution in [0.15, 0.2) is 82.3 Å². The molecule has 2 heterocycles. The second kappa shape index (κ2) is 20.4. The maximum atomic E-state index is 14.5. The minimum absolute atomic E-state index is 0.140. The Morgan fingerprint density at radius 3 is 2.02 bits per heavy atom. The quantitative estimate of drug-likeness (QED) is 0.0691. The van der Waals surface area contributed by atoms with Crippen molar-refractivity contribution in [2.75, 3.05) is 7.05 Å². The minimum Gasteiger partial charge on any atom is -0.508 e. The van der Waals surface area contributed by atoms with Gasteiger partial charge in [-0.05, 0) is 49.2 Å². The van der Waals surface area contributed by atoms with Crippen molar-refractivity contribution in [2.45, 2.75) is 88.1 Å². The molecular formula is C39H49N9O13. The van der Waals surface area contributed by atoms with Crippen molar-refractivity contribution in [3.63, 3.8) is 0 Å². The lowest BCUT2D eigenvalue weighted by Crippen LogP contribution is -2.62. The molecule has 1 fully saturated rings. The van der Waals surface area contributed by atoms with E-state index >= 15 is 0 Å². The van der Waals surface area contributed by atoms with Gasteiger partial charge in [-0.15, -0.1) is 0 Å². The molecule has 22 heteroatoms. The van der Waals surface area contributed by atoms with Crippen molar-refractivity contribution in [2.24, 2.45) is 17.2 Å². The number of carboxylic acids is 1. The lowest BCUT2D eigenvalue weighted by molar-refractivity contribution is -0.141. The van der Waals surface area contributed by atoms with Gasteiger partial charge in [-0.2, -0.15) is 0 Å². The van der Waals surface area contributed by atoms with Crippen LogP contribution in [0.2, 0.25) is 0 Å². The van der Waals surface area contributed by atoms with Crippen LogP contribution < -0.4 is 39.1 Å². The monoisotopic (exact) mass is 851 g/mol. The number of carbonyl (C=O) groups is 6. The molecule has 0 spiro atoms. The van der Waals surface area contributed by atoms with Crippen LogP contribution in [0.1, 0.15) is 44.0 Å². The molecule has 1 aliphatic heterocycles. The Morgan fingerprint density at radius 1 is 0.902 bits per heavy atom. The first-order valence-electron chi connectivity index (χ1n) is 18.8. The number of hydrogen-bond donors (Lipinski definition) is 10. The number of Topliss-reactive ketones (excluding diaryl/α,β-unsaturated/α-hetero) is 1. The number of phenolic OH excluding ortho intramolecular Hbond substituents is 2. The van der Waals surface area contributed by atoms with Crippen LogP contribution in [0, 0.1) is 0 Å². The van der Waals surface area contributed by atoms with E-state index in [0.717, 1.165) is 27.9 Å². The molecule has 22 nitrogen and oxygen atoms in total. The number of ether oxygens (including phenoxy) is 1. The number of hydrogen-bond acceptors (Lipinski definition) is 15. The van der Waals surface area contributed by atoms with Gasteiger partial charge in [0, 0.05) is 45.0 Å². The summed E-state index contributed by atoms with van der Waals surface area (Å²) >= 11 is 0. The van der Waals surface area contributed by atoms with Gasteiger partial charge in [-0.1, -0.05) is 24.3 Å². The molecule has 3 aromatic rings. The molecule has 0 radical (unpaired) electrons. The smallest absolute Gasteiger partial charge is 0.331 e. The SMILES string of the molecule is C[C@H](N)C(=O)CC(C(N)C(=O)N(/C=C1\CC(O)C(n2ccc(=O)[nH]c2=O)O1)C(=O)NC(Cc1cccc(O)c1)C(=O)O)N(C)C(=O)[C@H](Cc1cccc(O)c1)NC(=O)[C@H](C)N. The summed E-state index contributed by atoms with van der Waals surface area (Å²) in [5.41, 5.74) is 17.2. The van der Waals surface area contributed by atoms with Gasteiger partial charge in [0.15, 0.2) is 5.78 Å². The largest absolute Gasteiger partial charge is 0.508 e. The van der Waals surface area contributed by atoms with Crippen LogP contribution in [0.3, 0.4) is 0 Å². The van der Waals surface area contributed by atoms with Gasteiger partial charge < -0.3 is 57.9 Å². The predicted molar refractivity (Wildman–Crippen MR) is 214 cm³/mol. The van der Waals surface area contributed by atoms with Crippen molar-refractivity contribution < 1.29 is 53.9 Å². The zero-order valence-corrected chi connectivity index (χ0v) is 33.3. The number of H-pyrrole nitrogens is 1. The molecule has 2 aromatic carbocycles. The van der Waals surface area contributed by atoms with Crippen molar-refractivity contribution in [1.29, 1.82) is 0 Å². The predicted octanol–water partition coefficient (Wildman–Crippen LogP) is -2.16. The average molecular weight is 852 g/mol. The van der Waals surface area contributed by atoms with E-state index in [9.17, 15) is 58.8 Å². The maximum Gasteiger partial charge on any atom is 0.331 e. The molecule has 1 aromatic heterocycles. The molecule has 1 aliphatic rings. The molecule has 328 valence electrons. The normalized spacial score (nSPS) is 18.4. The van der Waals surface area contributed by atoms with Crippen LogP contribution >= 0.6 is 0 Å². The Bertz CT molecular complexity index is 2270. The van der Waals surface area contributed by atoms with E-state index in [2.05, 4.69) is 10.6 Å². The fourth-order valence-corrected chi connectivity index (χ4v) is 6.30. The maximum absolute atomic E-state index is 14.5. The van der Waals surface area contributed by atoms with Gasteiger partial charge >= 0.3 is 17.7 Å². The number of nitrogens with two attached hydrogens (primary N) is 3. The molecule has 0 bridgehead atoms.